The first-order chi connectivity index (χ1) is 15.9. The average molecular weight is 472 g/mol. The second kappa shape index (κ2) is 10.0. The number of rotatable bonds is 8. The van der Waals surface area contributed by atoms with Crippen molar-refractivity contribution in [2.24, 2.45) is 5.92 Å². The Morgan fingerprint density at radius 1 is 1.15 bits per heavy atom. The standard InChI is InChI=1S/C24H29N3O5S/c1-2-17-6-3-4-8-22(17)27-16-18(14-23(27)28)24(29)26-19-9-11-21(12-10-19)33(30,31)25-15-20-7-5-13-32-20/h3-4,6,8-12,18,20,25H,2,5,7,13-16H2,1H3,(H,26,29). The van der Waals surface area contributed by atoms with E-state index in [2.05, 4.69) is 10.0 Å². The fourth-order valence-electron chi connectivity index (χ4n) is 4.24. The van der Waals surface area contributed by atoms with E-state index in [4.69, 9.17) is 4.74 Å². The summed E-state index contributed by atoms with van der Waals surface area (Å²) < 4.78 is 33.0. The van der Waals surface area contributed by atoms with E-state index in [1.165, 1.54) is 12.1 Å². The highest BCUT2D eigenvalue weighted by Crippen LogP contribution is 2.29. The first-order valence-corrected chi connectivity index (χ1v) is 12.8. The van der Waals surface area contributed by atoms with Gasteiger partial charge in [-0.3, -0.25) is 9.59 Å². The van der Waals surface area contributed by atoms with Crippen molar-refractivity contribution in [3.8, 4) is 0 Å². The molecule has 0 aromatic heterocycles. The first-order valence-electron chi connectivity index (χ1n) is 11.3. The number of ether oxygens (including phenoxy) is 1. The summed E-state index contributed by atoms with van der Waals surface area (Å²) in [5.74, 6) is -0.805. The van der Waals surface area contributed by atoms with Gasteiger partial charge in [0.05, 0.1) is 16.9 Å². The highest BCUT2D eigenvalue weighted by molar-refractivity contribution is 7.89. The maximum Gasteiger partial charge on any atom is 0.240 e. The number of sulfonamides is 1. The summed E-state index contributed by atoms with van der Waals surface area (Å²) in [6.07, 6.45) is 2.64. The van der Waals surface area contributed by atoms with Crippen LogP contribution in [0.25, 0.3) is 0 Å². The molecule has 0 aliphatic carbocycles. The Balaban J connectivity index is 1.36. The lowest BCUT2D eigenvalue weighted by Crippen LogP contribution is -2.31. The van der Waals surface area contributed by atoms with Crippen LogP contribution in [0.2, 0.25) is 0 Å². The van der Waals surface area contributed by atoms with Gasteiger partial charge in [0, 0.05) is 37.5 Å². The molecule has 0 spiro atoms. The van der Waals surface area contributed by atoms with Gasteiger partial charge in [0.15, 0.2) is 0 Å². The molecule has 2 fully saturated rings. The molecular weight excluding hydrogens is 442 g/mol. The molecule has 4 rings (SSSR count). The smallest absolute Gasteiger partial charge is 0.240 e. The Labute approximate surface area is 194 Å². The number of para-hydroxylation sites is 1. The largest absolute Gasteiger partial charge is 0.377 e. The summed E-state index contributed by atoms with van der Waals surface area (Å²) >= 11 is 0. The zero-order valence-electron chi connectivity index (χ0n) is 18.6. The molecule has 9 heteroatoms. The summed E-state index contributed by atoms with van der Waals surface area (Å²) in [7, 11) is -3.65. The summed E-state index contributed by atoms with van der Waals surface area (Å²) in [6.45, 7) is 3.26. The SMILES string of the molecule is CCc1ccccc1N1CC(C(=O)Nc2ccc(S(=O)(=O)NCC3CCCO3)cc2)CC1=O. The highest BCUT2D eigenvalue weighted by Gasteiger charge is 2.35. The average Bonchev–Trinajstić information content (AvgIpc) is 3.48. The van der Waals surface area contributed by atoms with E-state index in [0.29, 0.717) is 18.8 Å². The lowest BCUT2D eigenvalue weighted by molar-refractivity contribution is -0.122. The summed E-state index contributed by atoms with van der Waals surface area (Å²) in [5, 5.41) is 2.81. The van der Waals surface area contributed by atoms with E-state index in [-0.39, 0.29) is 35.8 Å². The molecule has 33 heavy (non-hydrogen) atoms. The number of carbonyl (C=O) groups is 2. The molecule has 2 aromatic carbocycles. The van der Waals surface area contributed by atoms with Crippen LogP contribution in [0.4, 0.5) is 11.4 Å². The molecule has 2 unspecified atom stereocenters. The fourth-order valence-corrected chi connectivity index (χ4v) is 5.31. The Morgan fingerprint density at radius 2 is 1.91 bits per heavy atom. The summed E-state index contributed by atoms with van der Waals surface area (Å²) in [5.41, 5.74) is 2.40. The van der Waals surface area contributed by atoms with Crippen LogP contribution in [0.3, 0.4) is 0 Å². The molecule has 2 aromatic rings. The molecular formula is C24H29N3O5S. The second-order valence-corrected chi connectivity index (χ2v) is 10.2. The van der Waals surface area contributed by atoms with Gasteiger partial charge >= 0.3 is 0 Å². The number of hydrogen-bond donors (Lipinski definition) is 2. The third-order valence-electron chi connectivity index (χ3n) is 6.12. The van der Waals surface area contributed by atoms with Crippen LogP contribution >= 0.6 is 0 Å². The third kappa shape index (κ3) is 5.43. The Hall–Kier alpha value is -2.75. The van der Waals surface area contributed by atoms with Crippen LogP contribution in [-0.2, 0) is 30.8 Å². The van der Waals surface area contributed by atoms with E-state index in [1.54, 1.807) is 17.0 Å². The van der Waals surface area contributed by atoms with Crippen molar-refractivity contribution < 1.29 is 22.7 Å². The zero-order valence-corrected chi connectivity index (χ0v) is 19.4. The number of nitrogens with one attached hydrogen (secondary N) is 2. The lowest BCUT2D eigenvalue weighted by Gasteiger charge is -2.20. The van der Waals surface area contributed by atoms with Gasteiger partial charge in [-0.1, -0.05) is 25.1 Å². The van der Waals surface area contributed by atoms with E-state index in [1.807, 2.05) is 31.2 Å². The first kappa shape index (κ1) is 23.4. The van der Waals surface area contributed by atoms with E-state index >= 15 is 0 Å². The molecule has 2 amide bonds. The molecule has 8 nitrogen and oxygen atoms in total. The van der Waals surface area contributed by atoms with Crippen molar-refractivity contribution in [3.63, 3.8) is 0 Å². The van der Waals surface area contributed by atoms with Crippen LogP contribution < -0.4 is 14.9 Å². The number of carbonyl (C=O) groups excluding carboxylic acids is 2. The van der Waals surface area contributed by atoms with Gasteiger partial charge in [0.25, 0.3) is 0 Å². The molecule has 0 radical (unpaired) electrons. The minimum absolute atomic E-state index is 0.0743. The van der Waals surface area contributed by atoms with E-state index in [9.17, 15) is 18.0 Å². The lowest BCUT2D eigenvalue weighted by atomic mass is 10.1. The van der Waals surface area contributed by atoms with Crippen LogP contribution in [0.15, 0.2) is 53.4 Å². The Kier molecular flexibility index (Phi) is 7.11. The van der Waals surface area contributed by atoms with Gasteiger partial charge in [0.1, 0.15) is 0 Å². The number of benzene rings is 2. The number of amides is 2. The topological polar surface area (TPSA) is 105 Å². The van der Waals surface area contributed by atoms with Crippen molar-refractivity contribution >= 4 is 33.2 Å². The molecule has 2 atom stereocenters. The van der Waals surface area contributed by atoms with Crippen LogP contribution in [-0.4, -0.2) is 46.0 Å². The maximum absolute atomic E-state index is 12.8. The van der Waals surface area contributed by atoms with Crippen LogP contribution in [0.5, 0.6) is 0 Å². The van der Waals surface area contributed by atoms with Crippen LogP contribution in [0, 0.1) is 5.92 Å². The molecule has 2 heterocycles. The zero-order chi connectivity index (χ0) is 23.4. The minimum atomic E-state index is -3.65. The van der Waals surface area contributed by atoms with E-state index < -0.39 is 15.9 Å². The van der Waals surface area contributed by atoms with Gasteiger partial charge in [-0.15, -0.1) is 0 Å². The molecule has 0 saturated carbocycles. The number of anilines is 2. The van der Waals surface area contributed by atoms with Gasteiger partial charge in [-0.05, 0) is 55.2 Å². The van der Waals surface area contributed by atoms with Crippen molar-refractivity contribution in [2.75, 3.05) is 29.9 Å². The van der Waals surface area contributed by atoms with E-state index in [0.717, 1.165) is 30.5 Å². The van der Waals surface area contributed by atoms with Crippen molar-refractivity contribution in [2.45, 2.75) is 43.6 Å². The van der Waals surface area contributed by atoms with Gasteiger partial charge < -0.3 is 15.0 Å². The van der Waals surface area contributed by atoms with Crippen molar-refractivity contribution in [1.29, 1.82) is 0 Å². The molecule has 176 valence electrons. The third-order valence-corrected chi connectivity index (χ3v) is 7.56. The predicted molar refractivity (Wildman–Crippen MR) is 126 cm³/mol. The highest BCUT2D eigenvalue weighted by atomic mass is 32.2. The fraction of sp³-hybridized carbons (Fsp3) is 0.417. The maximum atomic E-state index is 12.8. The Bertz CT molecular complexity index is 1110. The normalized spacial score (nSPS) is 20.9. The molecule has 0 bridgehead atoms. The monoisotopic (exact) mass is 471 g/mol. The molecule has 2 aliphatic rings. The predicted octanol–water partition coefficient (Wildman–Crippen LogP) is 2.70. The van der Waals surface area contributed by atoms with Crippen molar-refractivity contribution in [1.82, 2.24) is 4.72 Å². The quantitative estimate of drug-likeness (QED) is 0.616. The second-order valence-electron chi connectivity index (χ2n) is 8.39. The van der Waals surface area contributed by atoms with Crippen LogP contribution in [0.1, 0.15) is 31.7 Å². The Morgan fingerprint density at radius 3 is 2.61 bits per heavy atom. The number of aryl methyl sites for hydroxylation is 1. The summed E-state index contributed by atoms with van der Waals surface area (Å²) in [4.78, 5) is 27.2. The number of hydrogen-bond acceptors (Lipinski definition) is 5. The van der Waals surface area contributed by atoms with Crippen molar-refractivity contribution in [3.05, 3.63) is 54.1 Å². The summed E-state index contributed by atoms with van der Waals surface area (Å²) in [6, 6.07) is 13.7. The molecule has 2 N–H and O–H groups in total. The number of nitrogens with zero attached hydrogens (tertiary/aromatic N) is 1. The van der Waals surface area contributed by atoms with Gasteiger partial charge in [-0.2, -0.15) is 0 Å². The molecule has 2 aliphatic heterocycles. The minimum Gasteiger partial charge on any atom is -0.377 e. The van der Waals surface area contributed by atoms with Gasteiger partial charge in [0.2, 0.25) is 21.8 Å². The molecule has 2 saturated heterocycles. The van der Waals surface area contributed by atoms with Gasteiger partial charge in [-0.25, -0.2) is 13.1 Å².